The van der Waals surface area contributed by atoms with Gasteiger partial charge in [0.1, 0.15) is 0 Å². The molecule has 2 nitrogen and oxygen atoms in total. The maximum atomic E-state index is 9.44. The quantitative estimate of drug-likeness (QED) is 0.324. The fourth-order valence-electron chi connectivity index (χ4n) is 0.0678. The molecule has 0 atom stereocenters. The minimum Gasteiger partial charge on any atom is -0.789 e. The summed E-state index contributed by atoms with van der Waals surface area (Å²) in [6.45, 7) is 2.43. The molecule has 0 aliphatic heterocycles. The first-order valence-electron chi connectivity index (χ1n) is 1.50. The zero-order valence-corrected chi connectivity index (χ0v) is 4.97. The lowest BCUT2D eigenvalue weighted by atomic mass is 10.9. The van der Waals surface area contributed by atoms with Crippen molar-refractivity contribution in [1.82, 2.24) is 0 Å². The summed E-state index contributed by atoms with van der Waals surface area (Å²) in [7, 11) is 0. The topological polar surface area (TPSA) is 32.3 Å². The second-order valence-corrected chi connectivity index (χ2v) is 1.87. The Hall–Kier alpha value is 0.620. The van der Waals surface area contributed by atoms with Crippen molar-refractivity contribution in [3.8, 4) is 0 Å². The molecule has 38 valence electrons. The Morgan fingerprint density at radius 3 is 2.67 bits per heavy atom. The van der Waals surface area contributed by atoms with Crippen LogP contribution in [0.5, 0.6) is 0 Å². The van der Waals surface area contributed by atoms with Crippen LogP contribution < -0.4 is 0 Å². The summed E-state index contributed by atoms with van der Waals surface area (Å²) < 4.78 is 14.0. The molecule has 0 spiro atoms. The second kappa shape index (κ2) is 5.62. The summed E-state index contributed by atoms with van der Waals surface area (Å²) in [5, 5.41) is 0. The van der Waals surface area contributed by atoms with Crippen LogP contribution in [0.15, 0.2) is 0 Å². The zero-order valence-electron chi connectivity index (χ0n) is 3.34. The highest BCUT2D eigenvalue weighted by Crippen LogP contribution is 2.15. The van der Waals surface area contributed by atoms with E-state index in [4.69, 9.17) is 0 Å². The molecule has 0 aliphatic carbocycles. The summed E-state index contributed by atoms with van der Waals surface area (Å²) in [5.74, 6) is 0. The van der Waals surface area contributed by atoms with Crippen molar-refractivity contribution >= 4 is 22.1 Å². The van der Waals surface area contributed by atoms with Crippen LogP contribution in [-0.4, -0.2) is 11.2 Å². The predicted molar refractivity (Wildman–Crippen MR) is 27.6 cm³/mol. The van der Waals surface area contributed by atoms with E-state index in [0.29, 0.717) is 17.7 Å². The van der Waals surface area contributed by atoms with Crippen molar-refractivity contribution < 1.29 is 8.74 Å². The van der Waals surface area contributed by atoms with Crippen LogP contribution in [0.2, 0.25) is 0 Å². The smallest absolute Gasteiger partial charge is 0.0595 e. The van der Waals surface area contributed by atoms with Gasteiger partial charge in [-0.25, -0.2) is 0 Å². The van der Waals surface area contributed by atoms with E-state index < -0.39 is 0 Å². The van der Waals surface area contributed by atoms with Gasteiger partial charge in [0.05, 0.1) is 6.61 Å². The van der Waals surface area contributed by atoms with Gasteiger partial charge < -0.3 is 8.74 Å². The third-order valence-electron chi connectivity index (χ3n) is 0.194. The van der Waals surface area contributed by atoms with Crippen LogP contribution in [0.25, 0.3) is 0 Å². The molecule has 0 bridgehead atoms. The Bertz CT molecular complexity index is 21.5. The van der Waals surface area contributed by atoms with E-state index in [1.54, 1.807) is 0 Å². The van der Waals surface area contributed by atoms with Gasteiger partial charge in [-0.2, -0.15) is 11.1 Å². The molecule has 0 aromatic carbocycles. The van der Waals surface area contributed by atoms with E-state index in [9.17, 15) is 4.55 Å². The van der Waals surface area contributed by atoms with Crippen LogP contribution in [0.3, 0.4) is 0 Å². The monoisotopic (exact) mass is 125 g/mol. The van der Waals surface area contributed by atoms with Gasteiger partial charge in [-0.3, -0.25) is 0 Å². The van der Waals surface area contributed by atoms with Gasteiger partial charge in [0.2, 0.25) is 0 Å². The number of hydrogen-bond donors (Lipinski definition) is 0. The Balaban J connectivity index is 2.34. The molecule has 0 amide bonds. The lowest BCUT2D eigenvalue weighted by Crippen LogP contribution is -1.70. The molecular formula is C2H5O2S2-. The molecule has 6 heavy (non-hydrogen) atoms. The Labute approximate surface area is 45.1 Å². The molecule has 0 unspecified atom stereocenters. The average Bonchev–Trinajstić information content (AvgIpc) is 1.61. The lowest BCUT2D eigenvalue weighted by molar-refractivity contribution is 0.407. The summed E-state index contributed by atoms with van der Waals surface area (Å²) in [5.41, 5.74) is 0. The van der Waals surface area contributed by atoms with E-state index in [0.717, 1.165) is 11.1 Å². The minimum absolute atomic E-state index is 0.371. The third kappa shape index (κ3) is 4.62. The Kier molecular flexibility index (Phi) is 6.20. The first kappa shape index (κ1) is 6.62. The van der Waals surface area contributed by atoms with Crippen molar-refractivity contribution in [2.24, 2.45) is 0 Å². The van der Waals surface area contributed by atoms with Gasteiger partial charge in [0.25, 0.3) is 0 Å². The van der Waals surface area contributed by atoms with Gasteiger partial charge >= 0.3 is 0 Å². The summed E-state index contributed by atoms with van der Waals surface area (Å²) in [6.07, 6.45) is 0. The molecule has 0 saturated carbocycles. The molecule has 0 aliphatic rings. The standard InChI is InChI=1S/C2H6O2S2/c1-2-4-6-5-3/h3H,2H2,1H3/p-1. The second-order valence-electron chi connectivity index (χ2n) is 0.543. The average molecular weight is 125 g/mol. The zero-order chi connectivity index (χ0) is 4.83. The molecule has 0 saturated heterocycles. The molecule has 0 aromatic heterocycles. The van der Waals surface area contributed by atoms with Crippen molar-refractivity contribution in [1.29, 1.82) is 0 Å². The van der Waals surface area contributed by atoms with Crippen LogP contribution in [-0.2, 0) is 4.18 Å². The summed E-state index contributed by atoms with van der Waals surface area (Å²) in [6, 6.07) is 0. The molecule has 0 fully saturated rings. The maximum Gasteiger partial charge on any atom is 0.0595 e. The highest BCUT2D eigenvalue weighted by molar-refractivity contribution is 8.72. The van der Waals surface area contributed by atoms with E-state index in [2.05, 4.69) is 4.18 Å². The molecular weight excluding hydrogens is 120 g/mol. The van der Waals surface area contributed by atoms with Crippen LogP contribution >= 0.6 is 22.1 Å². The molecule has 4 heteroatoms. The lowest BCUT2D eigenvalue weighted by Gasteiger charge is -1.97. The SMILES string of the molecule is CCOSS[O-]. The van der Waals surface area contributed by atoms with Gasteiger partial charge in [0.15, 0.2) is 0 Å². The summed E-state index contributed by atoms with van der Waals surface area (Å²) >= 11 is 1.24. The minimum atomic E-state index is 0.371. The van der Waals surface area contributed by atoms with Crippen molar-refractivity contribution in [2.75, 3.05) is 6.61 Å². The van der Waals surface area contributed by atoms with E-state index >= 15 is 0 Å². The normalized spacial score (nSPS) is 9.00. The molecule has 0 radical (unpaired) electrons. The van der Waals surface area contributed by atoms with E-state index in [-0.39, 0.29) is 0 Å². The van der Waals surface area contributed by atoms with Crippen LogP contribution in [0.4, 0.5) is 0 Å². The predicted octanol–water partition coefficient (Wildman–Crippen LogP) is 1.45. The number of rotatable bonds is 3. The van der Waals surface area contributed by atoms with Crippen molar-refractivity contribution in [3.05, 3.63) is 0 Å². The number of hydrogen-bond acceptors (Lipinski definition) is 4. The first-order valence-corrected chi connectivity index (χ1v) is 3.50. The third-order valence-corrected chi connectivity index (χ3v) is 1.04. The first-order chi connectivity index (χ1) is 2.91. The van der Waals surface area contributed by atoms with Gasteiger partial charge in [-0.1, -0.05) is 0 Å². The highest BCUT2D eigenvalue weighted by Gasteiger charge is 1.69. The van der Waals surface area contributed by atoms with Gasteiger partial charge in [-0.05, 0) is 6.92 Å². The maximum absolute atomic E-state index is 9.44. The molecule has 0 heterocycles. The summed E-state index contributed by atoms with van der Waals surface area (Å²) in [4.78, 5) is 0. The largest absolute Gasteiger partial charge is 0.789 e. The van der Waals surface area contributed by atoms with Crippen molar-refractivity contribution in [3.63, 3.8) is 0 Å². The van der Waals surface area contributed by atoms with Crippen LogP contribution in [0, 0.1) is 0 Å². The molecule has 0 rings (SSSR count). The fraction of sp³-hybridized carbons (Fsp3) is 1.00. The Morgan fingerprint density at radius 1 is 1.83 bits per heavy atom. The van der Waals surface area contributed by atoms with E-state index in [1.807, 2.05) is 6.92 Å². The Morgan fingerprint density at radius 2 is 2.50 bits per heavy atom. The van der Waals surface area contributed by atoms with Gasteiger partial charge in [-0.15, -0.1) is 0 Å². The van der Waals surface area contributed by atoms with Gasteiger partial charge in [0, 0.05) is 11.1 Å². The molecule has 0 aromatic rings. The highest BCUT2D eigenvalue weighted by atomic mass is 33.1. The van der Waals surface area contributed by atoms with Crippen molar-refractivity contribution in [2.45, 2.75) is 6.92 Å². The molecule has 0 N–H and O–H groups in total. The van der Waals surface area contributed by atoms with E-state index in [1.165, 1.54) is 0 Å². The van der Waals surface area contributed by atoms with Crippen LogP contribution in [0.1, 0.15) is 6.92 Å². The fourth-order valence-corrected chi connectivity index (χ4v) is 0.610.